The summed E-state index contributed by atoms with van der Waals surface area (Å²) < 4.78 is 0. The number of hydrogen-bond donors (Lipinski definition) is 2. The fourth-order valence-electron chi connectivity index (χ4n) is 2.60. The highest BCUT2D eigenvalue weighted by molar-refractivity contribution is 7.14. The van der Waals surface area contributed by atoms with E-state index in [0.717, 1.165) is 17.7 Å². The zero-order valence-electron chi connectivity index (χ0n) is 11.6. The Morgan fingerprint density at radius 2 is 2.11 bits per heavy atom. The van der Waals surface area contributed by atoms with Gasteiger partial charge in [0, 0.05) is 10.9 Å². The second-order valence-corrected chi connectivity index (χ2v) is 6.47. The SMILES string of the molecule is Cc1cc(C(=O)NC2CCCCC2CN)sc1C.Cl. The molecule has 1 saturated carbocycles. The van der Waals surface area contributed by atoms with Crippen LogP contribution in [0.3, 0.4) is 0 Å². The minimum Gasteiger partial charge on any atom is -0.348 e. The summed E-state index contributed by atoms with van der Waals surface area (Å²) in [5.41, 5.74) is 6.99. The first-order valence-electron chi connectivity index (χ1n) is 6.69. The normalized spacial score (nSPS) is 22.7. The molecule has 0 aliphatic heterocycles. The number of carbonyl (C=O) groups is 1. The first-order valence-corrected chi connectivity index (χ1v) is 7.51. The van der Waals surface area contributed by atoms with Gasteiger partial charge in [-0.05, 0) is 50.8 Å². The molecule has 1 heterocycles. The number of amides is 1. The smallest absolute Gasteiger partial charge is 0.261 e. The quantitative estimate of drug-likeness (QED) is 0.901. The lowest BCUT2D eigenvalue weighted by Gasteiger charge is -2.31. The molecule has 3 nitrogen and oxygen atoms in total. The average Bonchev–Trinajstić information content (AvgIpc) is 2.70. The van der Waals surface area contributed by atoms with Crippen LogP contribution in [-0.2, 0) is 0 Å². The third-order valence-electron chi connectivity index (χ3n) is 3.92. The van der Waals surface area contributed by atoms with E-state index in [1.165, 1.54) is 23.3 Å². The minimum absolute atomic E-state index is 0. The predicted molar refractivity (Wildman–Crippen MR) is 83.3 cm³/mol. The van der Waals surface area contributed by atoms with E-state index in [-0.39, 0.29) is 24.4 Å². The molecule has 5 heteroatoms. The van der Waals surface area contributed by atoms with Crippen molar-refractivity contribution in [1.82, 2.24) is 5.32 Å². The summed E-state index contributed by atoms with van der Waals surface area (Å²) in [5, 5.41) is 3.17. The molecule has 1 fully saturated rings. The number of carbonyl (C=O) groups excluding carboxylic acids is 1. The van der Waals surface area contributed by atoms with Crippen LogP contribution in [0.15, 0.2) is 6.07 Å². The van der Waals surface area contributed by atoms with Crippen LogP contribution in [0.25, 0.3) is 0 Å². The standard InChI is InChI=1S/C14H22N2OS.ClH/c1-9-7-13(18-10(9)2)14(17)16-12-6-4-3-5-11(12)8-15;/h7,11-12H,3-6,8,15H2,1-2H3,(H,16,17);1H. The fraction of sp³-hybridized carbons (Fsp3) is 0.643. The molecule has 2 unspecified atom stereocenters. The van der Waals surface area contributed by atoms with Crippen LogP contribution >= 0.6 is 23.7 Å². The van der Waals surface area contributed by atoms with Crippen LogP contribution in [0.5, 0.6) is 0 Å². The van der Waals surface area contributed by atoms with E-state index < -0.39 is 0 Å². The number of nitrogens with one attached hydrogen (secondary N) is 1. The first kappa shape index (κ1) is 16.5. The molecule has 3 N–H and O–H groups in total. The molecule has 1 amide bonds. The van der Waals surface area contributed by atoms with Crippen LogP contribution in [0.1, 0.15) is 45.8 Å². The van der Waals surface area contributed by atoms with Crippen molar-refractivity contribution >= 4 is 29.7 Å². The lowest BCUT2D eigenvalue weighted by atomic mass is 9.84. The Hall–Kier alpha value is -0.580. The number of hydrogen-bond acceptors (Lipinski definition) is 3. The monoisotopic (exact) mass is 302 g/mol. The van der Waals surface area contributed by atoms with Gasteiger partial charge in [-0.2, -0.15) is 0 Å². The minimum atomic E-state index is 0. The highest BCUT2D eigenvalue weighted by Crippen LogP contribution is 2.25. The van der Waals surface area contributed by atoms with Crippen molar-refractivity contribution in [2.24, 2.45) is 11.7 Å². The van der Waals surface area contributed by atoms with Gasteiger partial charge in [0.25, 0.3) is 5.91 Å². The number of halogens is 1. The van der Waals surface area contributed by atoms with Gasteiger partial charge >= 0.3 is 0 Å². The summed E-state index contributed by atoms with van der Waals surface area (Å²) in [6, 6.07) is 2.24. The third-order valence-corrected chi connectivity index (χ3v) is 5.07. The lowest BCUT2D eigenvalue weighted by molar-refractivity contribution is 0.0912. The lowest BCUT2D eigenvalue weighted by Crippen LogP contribution is -2.44. The summed E-state index contributed by atoms with van der Waals surface area (Å²) >= 11 is 1.58. The fourth-order valence-corrected chi connectivity index (χ4v) is 3.54. The molecule has 2 rings (SSSR count). The van der Waals surface area contributed by atoms with E-state index in [1.54, 1.807) is 11.3 Å². The number of rotatable bonds is 3. The molecule has 0 aromatic carbocycles. The Balaban J connectivity index is 0.00000180. The van der Waals surface area contributed by atoms with E-state index in [4.69, 9.17) is 5.73 Å². The molecular weight excluding hydrogens is 280 g/mol. The van der Waals surface area contributed by atoms with Crippen LogP contribution in [-0.4, -0.2) is 18.5 Å². The van der Waals surface area contributed by atoms with Gasteiger partial charge in [0.15, 0.2) is 0 Å². The van der Waals surface area contributed by atoms with E-state index in [2.05, 4.69) is 12.2 Å². The maximum absolute atomic E-state index is 12.2. The van der Waals surface area contributed by atoms with E-state index >= 15 is 0 Å². The van der Waals surface area contributed by atoms with Crippen LogP contribution in [0, 0.1) is 19.8 Å². The summed E-state index contributed by atoms with van der Waals surface area (Å²) in [4.78, 5) is 14.2. The van der Waals surface area contributed by atoms with Crippen LogP contribution in [0.2, 0.25) is 0 Å². The Kier molecular flexibility index (Phi) is 6.30. The summed E-state index contributed by atoms with van der Waals surface area (Å²) in [5.74, 6) is 0.520. The molecule has 108 valence electrons. The molecule has 1 aromatic rings. The first-order chi connectivity index (χ1) is 8.61. The van der Waals surface area contributed by atoms with Crippen LogP contribution < -0.4 is 11.1 Å². The summed E-state index contributed by atoms with van der Waals surface area (Å²) in [7, 11) is 0. The molecule has 2 atom stereocenters. The topological polar surface area (TPSA) is 55.1 Å². The van der Waals surface area contributed by atoms with Gasteiger partial charge in [-0.25, -0.2) is 0 Å². The van der Waals surface area contributed by atoms with E-state index in [1.807, 2.05) is 13.0 Å². The maximum Gasteiger partial charge on any atom is 0.261 e. The van der Waals surface area contributed by atoms with Crippen molar-refractivity contribution in [2.45, 2.75) is 45.6 Å². The average molecular weight is 303 g/mol. The molecule has 19 heavy (non-hydrogen) atoms. The maximum atomic E-state index is 12.2. The van der Waals surface area contributed by atoms with Gasteiger partial charge in [0.05, 0.1) is 4.88 Å². The second kappa shape index (κ2) is 7.27. The zero-order valence-corrected chi connectivity index (χ0v) is 13.2. The molecule has 1 aliphatic carbocycles. The molecule has 1 aromatic heterocycles. The largest absolute Gasteiger partial charge is 0.348 e. The third kappa shape index (κ3) is 3.94. The molecule has 1 aliphatic rings. The van der Waals surface area contributed by atoms with Crippen LogP contribution in [0.4, 0.5) is 0 Å². The zero-order chi connectivity index (χ0) is 13.1. The highest BCUT2D eigenvalue weighted by Gasteiger charge is 2.26. The predicted octanol–water partition coefficient (Wildman–Crippen LogP) is 3.03. The van der Waals surface area contributed by atoms with Crippen molar-refractivity contribution in [3.8, 4) is 0 Å². The Labute approximate surface area is 125 Å². The van der Waals surface area contributed by atoms with Gasteiger partial charge in [-0.1, -0.05) is 12.8 Å². The molecule has 0 saturated heterocycles. The second-order valence-electron chi connectivity index (χ2n) is 5.21. The number of thiophene rings is 1. The van der Waals surface area contributed by atoms with Crippen molar-refractivity contribution in [1.29, 1.82) is 0 Å². The molecular formula is C14H23ClN2OS. The Morgan fingerprint density at radius 1 is 1.42 bits per heavy atom. The van der Waals surface area contributed by atoms with E-state index in [9.17, 15) is 4.79 Å². The molecule has 0 spiro atoms. The van der Waals surface area contributed by atoms with Gasteiger partial charge in [-0.15, -0.1) is 23.7 Å². The Bertz CT molecular complexity index is 414. The van der Waals surface area contributed by atoms with Gasteiger partial charge in [0.2, 0.25) is 0 Å². The number of nitrogens with two attached hydrogens (primary N) is 1. The Morgan fingerprint density at radius 3 is 2.68 bits per heavy atom. The summed E-state index contributed by atoms with van der Waals surface area (Å²) in [6.07, 6.45) is 4.65. The number of aryl methyl sites for hydroxylation is 2. The van der Waals surface area contributed by atoms with Crippen molar-refractivity contribution in [3.05, 3.63) is 21.4 Å². The van der Waals surface area contributed by atoms with Crippen molar-refractivity contribution in [3.63, 3.8) is 0 Å². The van der Waals surface area contributed by atoms with Crippen molar-refractivity contribution < 1.29 is 4.79 Å². The van der Waals surface area contributed by atoms with Gasteiger partial charge < -0.3 is 11.1 Å². The van der Waals surface area contributed by atoms with Gasteiger partial charge in [0.1, 0.15) is 0 Å². The molecule has 0 radical (unpaired) electrons. The molecule has 0 bridgehead atoms. The highest BCUT2D eigenvalue weighted by atomic mass is 35.5. The van der Waals surface area contributed by atoms with Gasteiger partial charge in [-0.3, -0.25) is 4.79 Å². The van der Waals surface area contributed by atoms with E-state index in [0.29, 0.717) is 12.5 Å². The van der Waals surface area contributed by atoms with Crippen molar-refractivity contribution in [2.75, 3.05) is 6.54 Å². The summed E-state index contributed by atoms with van der Waals surface area (Å²) in [6.45, 7) is 4.78.